The fourth-order valence-electron chi connectivity index (χ4n) is 2.90. The summed E-state index contributed by atoms with van der Waals surface area (Å²) in [5, 5.41) is 3.48. The summed E-state index contributed by atoms with van der Waals surface area (Å²) < 4.78 is 25.9. The first-order valence-electron chi connectivity index (χ1n) is 7.36. The molecular formula is C16H23F2N. The SMILES string of the molecule is CCC1CCCC(NCc2ccc(F)c(F)c2)CC1. The largest absolute Gasteiger partial charge is 0.310 e. The van der Waals surface area contributed by atoms with E-state index in [1.54, 1.807) is 6.07 Å². The van der Waals surface area contributed by atoms with Crippen molar-refractivity contribution in [3.8, 4) is 0 Å². The third-order valence-corrected chi connectivity index (χ3v) is 4.24. The highest BCUT2D eigenvalue weighted by Crippen LogP contribution is 2.25. The van der Waals surface area contributed by atoms with Gasteiger partial charge in [0.15, 0.2) is 11.6 Å². The second-order valence-corrected chi connectivity index (χ2v) is 5.61. The minimum Gasteiger partial charge on any atom is -0.310 e. The summed E-state index contributed by atoms with van der Waals surface area (Å²) in [7, 11) is 0. The van der Waals surface area contributed by atoms with Gasteiger partial charge in [0.05, 0.1) is 0 Å². The lowest BCUT2D eigenvalue weighted by Gasteiger charge is -2.16. The maximum atomic E-state index is 13.1. The Kier molecular flexibility index (Phi) is 5.32. The van der Waals surface area contributed by atoms with Crippen LogP contribution in [0.3, 0.4) is 0 Å². The Hall–Kier alpha value is -0.960. The molecule has 1 aromatic rings. The number of hydrogen-bond acceptors (Lipinski definition) is 1. The lowest BCUT2D eigenvalue weighted by molar-refractivity contribution is 0.424. The van der Waals surface area contributed by atoms with Gasteiger partial charge in [0, 0.05) is 12.6 Å². The van der Waals surface area contributed by atoms with E-state index in [2.05, 4.69) is 12.2 Å². The van der Waals surface area contributed by atoms with Crippen LogP contribution in [0.5, 0.6) is 0 Å². The predicted molar refractivity (Wildman–Crippen MR) is 73.9 cm³/mol. The molecule has 2 atom stereocenters. The summed E-state index contributed by atoms with van der Waals surface area (Å²) in [4.78, 5) is 0. The summed E-state index contributed by atoms with van der Waals surface area (Å²) >= 11 is 0. The van der Waals surface area contributed by atoms with Crippen molar-refractivity contribution >= 4 is 0 Å². The fourth-order valence-corrected chi connectivity index (χ4v) is 2.90. The Morgan fingerprint density at radius 3 is 2.68 bits per heavy atom. The number of hydrogen-bond donors (Lipinski definition) is 1. The zero-order valence-corrected chi connectivity index (χ0v) is 11.6. The van der Waals surface area contributed by atoms with E-state index < -0.39 is 11.6 Å². The van der Waals surface area contributed by atoms with E-state index in [4.69, 9.17) is 0 Å². The smallest absolute Gasteiger partial charge is 0.159 e. The molecule has 2 unspecified atom stereocenters. The molecule has 0 spiro atoms. The molecule has 1 fully saturated rings. The van der Waals surface area contributed by atoms with Crippen LogP contribution < -0.4 is 5.32 Å². The van der Waals surface area contributed by atoms with Gasteiger partial charge in [-0.25, -0.2) is 8.78 Å². The summed E-state index contributed by atoms with van der Waals surface area (Å²) in [6.07, 6.45) is 7.55. The molecular weight excluding hydrogens is 244 g/mol. The van der Waals surface area contributed by atoms with E-state index in [-0.39, 0.29) is 0 Å². The van der Waals surface area contributed by atoms with Crippen LogP contribution in [0, 0.1) is 17.6 Å². The van der Waals surface area contributed by atoms with Gasteiger partial charge in [-0.2, -0.15) is 0 Å². The second kappa shape index (κ2) is 6.99. The van der Waals surface area contributed by atoms with Crippen molar-refractivity contribution in [2.75, 3.05) is 0 Å². The fraction of sp³-hybridized carbons (Fsp3) is 0.625. The highest BCUT2D eigenvalue weighted by molar-refractivity contribution is 5.17. The van der Waals surface area contributed by atoms with Gasteiger partial charge in [-0.15, -0.1) is 0 Å². The van der Waals surface area contributed by atoms with Crippen LogP contribution in [0.2, 0.25) is 0 Å². The summed E-state index contributed by atoms with van der Waals surface area (Å²) in [6.45, 7) is 2.89. The Bertz CT molecular complexity index is 406. The zero-order valence-electron chi connectivity index (χ0n) is 11.6. The highest BCUT2D eigenvalue weighted by Gasteiger charge is 2.17. The first-order valence-corrected chi connectivity index (χ1v) is 7.36. The molecule has 19 heavy (non-hydrogen) atoms. The summed E-state index contributed by atoms with van der Waals surface area (Å²) in [6, 6.07) is 4.65. The average Bonchev–Trinajstić information content (AvgIpc) is 2.65. The molecule has 0 saturated heterocycles. The Morgan fingerprint density at radius 2 is 1.95 bits per heavy atom. The van der Waals surface area contributed by atoms with Crippen LogP contribution in [-0.2, 0) is 6.54 Å². The zero-order chi connectivity index (χ0) is 13.7. The minimum absolute atomic E-state index is 0.518. The molecule has 1 saturated carbocycles. The van der Waals surface area contributed by atoms with Crippen molar-refractivity contribution in [2.45, 2.75) is 58.0 Å². The van der Waals surface area contributed by atoms with Gasteiger partial charge < -0.3 is 5.32 Å². The molecule has 106 valence electrons. The normalized spacial score (nSPS) is 24.2. The van der Waals surface area contributed by atoms with Crippen LogP contribution in [0.25, 0.3) is 0 Å². The van der Waals surface area contributed by atoms with Crippen molar-refractivity contribution in [3.63, 3.8) is 0 Å². The van der Waals surface area contributed by atoms with E-state index in [1.807, 2.05) is 0 Å². The second-order valence-electron chi connectivity index (χ2n) is 5.61. The van der Waals surface area contributed by atoms with Gasteiger partial charge in [0.25, 0.3) is 0 Å². The quantitative estimate of drug-likeness (QED) is 0.797. The lowest BCUT2D eigenvalue weighted by atomic mass is 9.98. The van der Waals surface area contributed by atoms with E-state index in [0.717, 1.165) is 11.5 Å². The molecule has 0 radical (unpaired) electrons. The van der Waals surface area contributed by atoms with Gasteiger partial charge in [0.2, 0.25) is 0 Å². The third-order valence-electron chi connectivity index (χ3n) is 4.24. The molecule has 1 N–H and O–H groups in total. The molecule has 0 heterocycles. The van der Waals surface area contributed by atoms with Gasteiger partial charge >= 0.3 is 0 Å². The molecule has 1 aromatic carbocycles. The van der Waals surface area contributed by atoms with Gasteiger partial charge in [0.1, 0.15) is 0 Å². The molecule has 1 aliphatic carbocycles. The van der Waals surface area contributed by atoms with Gasteiger partial charge in [-0.3, -0.25) is 0 Å². The average molecular weight is 267 g/mol. The van der Waals surface area contributed by atoms with Gasteiger partial charge in [-0.05, 0) is 42.9 Å². The Labute approximate surface area is 114 Å². The number of nitrogens with one attached hydrogen (secondary N) is 1. The predicted octanol–water partition coefficient (Wildman–Crippen LogP) is 4.41. The van der Waals surface area contributed by atoms with E-state index in [9.17, 15) is 8.78 Å². The van der Waals surface area contributed by atoms with Crippen LogP contribution in [0.15, 0.2) is 18.2 Å². The van der Waals surface area contributed by atoms with Crippen LogP contribution in [0.4, 0.5) is 8.78 Å². The molecule has 0 aromatic heterocycles. The maximum Gasteiger partial charge on any atom is 0.159 e. The topological polar surface area (TPSA) is 12.0 Å². The first-order chi connectivity index (χ1) is 9.19. The Balaban J connectivity index is 1.83. The molecule has 1 aliphatic rings. The lowest BCUT2D eigenvalue weighted by Crippen LogP contribution is -2.28. The molecule has 0 amide bonds. The van der Waals surface area contributed by atoms with Crippen LogP contribution in [-0.4, -0.2) is 6.04 Å². The standard InChI is InChI=1S/C16H23F2N/c1-2-12-4-3-5-14(8-6-12)19-11-13-7-9-15(17)16(18)10-13/h7,9-10,12,14,19H,2-6,8,11H2,1H3. The number of halogens is 2. The maximum absolute atomic E-state index is 13.1. The molecule has 2 rings (SSSR count). The van der Waals surface area contributed by atoms with Crippen LogP contribution in [0.1, 0.15) is 51.0 Å². The third kappa shape index (κ3) is 4.27. The molecule has 0 aliphatic heterocycles. The molecule has 1 nitrogen and oxygen atoms in total. The van der Waals surface area contributed by atoms with Crippen molar-refractivity contribution in [3.05, 3.63) is 35.4 Å². The first kappa shape index (κ1) is 14.4. The summed E-state index contributed by atoms with van der Waals surface area (Å²) in [5.74, 6) is -0.662. The Morgan fingerprint density at radius 1 is 1.11 bits per heavy atom. The molecule has 3 heteroatoms. The number of rotatable bonds is 4. The van der Waals surface area contributed by atoms with Crippen molar-refractivity contribution in [2.24, 2.45) is 5.92 Å². The van der Waals surface area contributed by atoms with Crippen molar-refractivity contribution < 1.29 is 8.78 Å². The minimum atomic E-state index is -0.774. The summed E-state index contributed by atoms with van der Waals surface area (Å²) in [5.41, 5.74) is 0.815. The van der Waals surface area contributed by atoms with E-state index in [1.165, 1.54) is 50.7 Å². The highest BCUT2D eigenvalue weighted by atomic mass is 19.2. The number of benzene rings is 1. The van der Waals surface area contributed by atoms with Crippen molar-refractivity contribution in [1.82, 2.24) is 5.32 Å². The molecule has 0 bridgehead atoms. The van der Waals surface area contributed by atoms with Crippen molar-refractivity contribution in [1.29, 1.82) is 0 Å². The monoisotopic (exact) mass is 267 g/mol. The van der Waals surface area contributed by atoms with Gasteiger partial charge in [-0.1, -0.05) is 32.3 Å². The van der Waals surface area contributed by atoms with E-state index in [0.29, 0.717) is 12.6 Å². The van der Waals surface area contributed by atoms with E-state index >= 15 is 0 Å². The van der Waals surface area contributed by atoms with Crippen LogP contribution >= 0.6 is 0 Å².